The van der Waals surface area contributed by atoms with Crippen molar-refractivity contribution in [1.29, 1.82) is 5.26 Å². The summed E-state index contributed by atoms with van der Waals surface area (Å²) >= 11 is 5.93. The summed E-state index contributed by atoms with van der Waals surface area (Å²) in [5.41, 5.74) is 6.46. The molecule has 102 valence electrons. The fraction of sp³-hybridized carbons (Fsp3) is 0.133. The monoisotopic (exact) mass is 290 g/mol. The minimum Gasteiger partial charge on any atom is -0.483 e. The Balaban J connectivity index is 2.31. The molecule has 0 bridgehead atoms. The van der Waals surface area contributed by atoms with E-state index in [0.717, 1.165) is 11.6 Å². The zero-order valence-electron chi connectivity index (χ0n) is 10.5. The highest BCUT2D eigenvalue weighted by Gasteiger charge is 2.15. The van der Waals surface area contributed by atoms with Gasteiger partial charge in [-0.15, -0.1) is 0 Å². The van der Waals surface area contributed by atoms with E-state index in [2.05, 4.69) is 0 Å². The highest BCUT2D eigenvalue weighted by atomic mass is 35.5. The number of hydrogen-bond acceptors (Lipinski definition) is 3. The van der Waals surface area contributed by atoms with Crippen molar-refractivity contribution in [2.24, 2.45) is 5.73 Å². The maximum atomic E-state index is 13.4. The second-order valence-corrected chi connectivity index (χ2v) is 4.53. The number of hydrogen-bond donors (Lipinski definition) is 1. The van der Waals surface area contributed by atoms with Gasteiger partial charge in [-0.3, -0.25) is 0 Å². The number of ether oxygens (including phenoxy) is 1. The maximum absolute atomic E-state index is 13.4. The summed E-state index contributed by atoms with van der Waals surface area (Å²) in [5, 5.41) is 8.94. The van der Waals surface area contributed by atoms with Gasteiger partial charge >= 0.3 is 0 Å². The molecule has 0 aliphatic rings. The lowest BCUT2D eigenvalue weighted by Gasteiger charge is -2.19. The molecule has 20 heavy (non-hydrogen) atoms. The van der Waals surface area contributed by atoms with Gasteiger partial charge in [0, 0.05) is 12.6 Å². The fourth-order valence-corrected chi connectivity index (χ4v) is 1.97. The lowest BCUT2D eigenvalue weighted by molar-refractivity contribution is 0.214. The van der Waals surface area contributed by atoms with Crippen LogP contribution in [-0.4, -0.2) is 6.54 Å². The summed E-state index contributed by atoms with van der Waals surface area (Å²) in [6.45, 7) is 0.236. The summed E-state index contributed by atoms with van der Waals surface area (Å²) in [4.78, 5) is 0. The van der Waals surface area contributed by atoms with Crippen LogP contribution in [0.4, 0.5) is 4.39 Å². The Morgan fingerprint density at radius 1 is 1.30 bits per heavy atom. The summed E-state index contributed by atoms with van der Waals surface area (Å²) < 4.78 is 19.1. The van der Waals surface area contributed by atoms with Crippen molar-refractivity contribution < 1.29 is 9.13 Å². The van der Waals surface area contributed by atoms with Crippen molar-refractivity contribution in [3.05, 3.63) is 64.4 Å². The third-order valence-electron chi connectivity index (χ3n) is 2.80. The average Bonchev–Trinajstić information content (AvgIpc) is 2.47. The van der Waals surface area contributed by atoms with E-state index in [9.17, 15) is 4.39 Å². The first kappa shape index (κ1) is 14.3. The van der Waals surface area contributed by atoms with E-state index in [-0.39, 0.29) is 22.9 Å². The van der Waals surface area contributed by atoms with Gasteiger partial charge in [-0.25, -0.2) is 4.39 Å². The molecule has 3 nitrogen and oxygen atoms in total. The van der Waals surface area contributed by atoms with E-state index >= 15 is 0 Å². The highest BCUT2D eigenvalue weighted by molar-refractivity contribution is 6.32. The van der Waals surface area contributed by atoms with Crippen LogP contribution in [0.3, 0.4) is 0 Å². The minimum absolute atomic E-state index is 0.107. The number of nitriles is 1. The zero-order valence-corrected chi connectivity index (χ0v) is 11.3. The first-order chi connectivity index (χ1) is 9.65. The lowest BCUT2D eigenvalue weighted by atomic mass is 10.1. The first-order valence-electron chi connectivity index (χ1n) is 5.96. The lowest BCUT2D eigenvalue weighted by Crippen LogP contribution is -2.18. The molecule has 2 N–H and O–H groups in total. The third-order valence-corrected chi connectivity index (χ3v) is 3.09. The Bertz CT molecular complexity index is 640. The second kappa shape index (κ2) is 6.38. The average molecular weight is 291 g/mol. The molecule has 0 fully saturated rings. The minimum atomic E-state index is -0.672. The molecule has 0 radical (unpaired) electrons. The summed E-state index contributed by atoms with van der Waals surface area (Å²) in [6, 6.07) is 13.5. The van der Waals surface area contributed by atoms with Gasteiger partial charge in [0.2, 0.25) is 0 Å². The molecule has 0 aromatic heterocycles. The summed E-state index contributed by atoms with van der Waals surface area (Å²) in [6.07, 6.45) is -0.411. The molecule has 2 rings (SSSR count). The Hall–Kier alpha value is -2.09. The van der Waals surface area contributed by atoms with Gasteiger partial charge in [0.1, 0.15) is 23.7 Å². The van der Waals surface area contributed by atoms with Crippen molar-refractivity contribution in [1.82, 2.24) is 0 Å². The molecular weight excluding hydrogens is 279 g/mol. The molecule has 0 aliphatic heterocycles. The second-order valence-electron chi connectivity index (χ2n) is 4.13. The van der Waals surface area contributed by atoms with Gasteiger partial charge in [0.25, 0.3) is 0 Å². The van der Waals surface area contributed by atoms with Crippen LogP contribution in [-0.2, 0) is 0 Å². The quantitative estimate of drug-likeness (QED) is 0.938. The van der Waals surface area contributed by atoms with Crippen LogP contribution < -0.4 is 10.5 Å². The van der Waals surface area contributed by atoms with Crippen LogP contribution >= 0.6 is 11.6 Å². The topological polar surface area (TPSA) is 59.0 Å². The predicted molar refractivity (Wildman–Crippen MR) is 75.0 cm³/mol. The van der Waals surface area contributed by atoms with Crippen LogP contribution in [0.5, 0.6) is 5.75 Å². The molecule has 0 unspecified atom stereocenters. The Labute approximate surface area is 121 Å². The number of rotatable bonds is 4. The number of halogens is 2. The van der Waals surface area contributed by atoms with Crippen LogP contribution in [0, 0.1) is 17.1 Å². The van der Waals surface area contributed by atoms with Crippen molar-refractivity contribution >= 4 is 11.6 Å². The van der Waals surface area contributed by atoms with Gasteiger partial charge in [-0.05, 0) is 11.6 Å². The molecule has 0 saturated heterocycles. The molecule has 1 atom stereocenters. The maximum Gasteiger partial charge on any atom is 0.142 e. The normalized spacial score (nSPS) is 11.7. The van der Waals surface area contributed by atoms with E-state index in [1.54, 1.807) is 6.07 Å². The van der Waals surface area contributed by atoms with E-state index in [4.69, 9.17) is 27.3 Å². The summed E-state index contributed by atoms with van der Waals surface area (Å²) in [5.74, 6) is -0.433. The van der Waals surface area contributed by atoms with Gasteiger partial charge in [-0.2, -0.15) is 5.26 Å². The fourth-order valence-electron chi connectivity index (χ4n) is 1.78. The van der Waals surface area contributed by atoms with Crippen molar-refractivity contribution in [2.75, 3.05) is 6.54 Å². The smallest absolute Gasteiger partial charge is 0.142 e. The molecule has 0 amide bonds. The van der Waals surface area contributed by atoms with E-state index < -0.39 is 11.9 Å². The van der Waals surface area contributed by atoms with E-state index in [1.807, 2.05) is 30.3 Å². The van der Waals surface area contributed by atoms with Crippen molar-refractivity contribution in [2.45, 2.75) is 6.10 Å². The van der Waals surface area contributed by atoms with Gasteiger partial charge in [0.05, 0.1) is 10.6 Å². The largest absolute Gasteiger partial charge is 0.483 e. The predicted octanol–water partition coefficient (Wildman–Crippen LogP) is 3.43. The molecule has 2 aromatic carbocycles. The highest BCUT2D eigenvalue weighted by Crippen LogP contribution is 2.31. The van der Waals surface area contributed by atoms with E-state index in [0.29, 0.717) is 0 Å². The Kier molecular flexibility index (Phi) is 4.57. The SMILES string of the molecule is N#Cc1cc(O[C@H](CN)c2ccccc2)c(Cl)cc1F. The third kappa shape index (κ3) is 3.08. The van der Waals surface area contributed by atoms with Gasteiger partial charge in [0.15, 0.2) is 0 Å². The molecule has 0 heterocycles. The van der Waals surface area contributed by atoms with E-state index in [1.165, 1.54) is 6.07 Å². The number of nitrogens with two attached hydrogens (primary N) is 1. The Morgan fingerprint density at radius 3 is 2.60 bits per heavy atom. The van der Waals surface area contributed by atoms with Crippen molar-refractivity contribution in [3.63, 3.8) is 0 Å². The summed E-state index contributed by atoms with van der Waals surface area (Å²) in [7, 11) is 0. The van der Waals surface area contributed by atoms with Crippen LogP contribution in [0.15, 0.2) is 42.5 Å². The number of nitrogens with zero attached hydrogens (tertiary/aromatic N) is 1. The van der Waals surface area contributed by atoms with Crippen molar-refractivity contribution in [3.8, 4) is 11.8 Å². The first-order valence-corrected chi connectivity index (χ1v) is 6.34. The molecule has 5 heteroatoms. The molecular formula is C15H12ClFN2O. The van der Waals surface area contributed by atoms with Gasteiger partial charge in [-0.1, -0.05) is 41.9 Å². The molecule has 0 aliphatic carbocycles. The molecule has 2 aromatic rings. The van der Waals surface area contributed by atoms with Crippen LogP contribution in [0.25, 0.3) is 0 Å². The Morgan fingerprint density at radius 2 is 2.00 bits per heavy atom. The molecule has 0 spiro atoms. The number of benzene rings is 2. The standard InChI is InChI=1S/C15H12ClFN2O/c16-12-7-13(17)11(8-18)6-14(12)20-15(9-19)10-4-2-1-3-5-10/h1-7,15H,9,19H2/t15-/m1/s1. The van der Waals surface area contributed by atoms with Crippen LogP contribution in [0.1, 0.15) is 17.2 Å². The zero-order chi connectivity index (χ0) is 14.5. The van der Waals surface area contributed by atoms with Gasteiger partial charge < -0.3 is 10.5 Å². The molecule has 0 saturated carbocycles. The van der Waals surface area contributed by atoms with Crippen LogP contribution in [0.2, 0.25) is 5.02 Å².